The van der Waals surface area contributed by atoms with Crippen molar-refractivity contribution in [3.63, 3.8) is 0 Å². The number of hydrogen-bond donors (Lipinski definition) is 2. The van der Waals surface area contributed by atoms with Crippen LogP contribution in [0.4, 0.5) is 15.8 Å². The first-order valence-electron chi connectivity index (χ1n) is 8.19. The average molecular weight is 393 g/mol. The van der Waals surface area contributed by atoms with Crippen molar-refractivity contribution in [1.29, 1.82) is 0 Å². The van der Waals surface area contributed by atoms with E-state index in [0.29, 0.717) is 16.4 Å². The summed E-state index contributed by atoms with van der Waals surface area (Å²) in [6, 6.07) is 11.9. The lowest BCUT2D eigenvalue weighted by Crippen LogP contribution is -2.21. The van der Waals surface area contributed by atoms with Crippen LogP contribution in [0, 0.1) is 5.82 Å². The first-order valence-corrected chi connectivity index (χ1v) is 8.56. The van der Waals surface area contributed by atoms with Gasteiger partial charge in [0.1, 0.15) is 5.82 Å². The normalized spacial score (nSPS) is 10.1. The largest absolute Gasteiger partial charge is 0.456 e. The maximum atomic E-state index is 12.8. The van der Waals surface area contributed by atoms with Crippen molar-refractivity contribution in [3.8, 4) is 0 Å². The molecule has 0 aliphatic rings. The smallest absolute Gasteiger partial charge is 0.306 e. The van der Waals surface area contributed by atoms with Gasteiger partial charge in [-0.2, -0.15) is 0 Å². The third kappa shape index (κ3) is 7.87. The van der Waals surface area contributed by atoms with Gasteiger partial charge in [0, 0.05) is 29.2 Å². The van der Waals surface area contributed by atoms with Crippen LogP contribution in [-0.4, -0.2) is 24.4 Å². The second-order valence-corrected chi connectivity index (χ2v) is 6.06. The number of carbonyl (C=O) groups excluding carboxylic acids is 3. The van der Waals surface area contributed by atoms with E-state index in [1.54, 1.807) is 24.3 Å². The van der Waals surface area contributed by atoms with Gasteiger partial charge >= 0.3 is 5.97 Å². The molecule has 2 aromatic carbocycles. The molecule has 0 saturated carbocycles. The van der Waals surface area contributed by atoms with Gasteiger partial charge in [0.15, 0.2) is 6.61 Å². The summed E-state index contributed by atoms with van der Waals surface area (Å²) in [5.74, 6) is -1.79. The molecule has 27 heavy (non-hydrogen) atoms. The molecule has 0 spiro atoms. The predicted molar refractivity (Wildman–Crippen MR) is 99.9 cm³/mol. The fraction of sp³-hybridized carbons (Fsp3) is 0.211. The Bertz CT molecular complexity index is 812. The van der Waals surface area contributed by atoms with Crippen molar-refractivity contribution in [2.75, 3.05) is 17.2 Å². The van der Waals surface area contributed by atoms with Gasteiger partial charge in [-0.15, -0.1) is 0 Å². The van der Waals surface area contributed by atoms with Gasteiger partial charge in [0.2, 0.25) is 5.91 Å². The van der Waals surface area contributed by atoms with E-state index in [-0.39, 0.29) is 25.2 Å². The Morgan fingerprint density at radius 2 is 1.63 bits per heavy atom. The summed E-state index contributed by atoms with van der Waals surface area (Å²) in [6.07, 6.45) is 0.418. The van der Waals surface area contributed by atoms with Gasteiger partial charge in [-0.1, -0.05) is 17.7 Å². The van der Waals surface area contributed by atoms with Crippen LogP contribution < -0.4 is 10.6 Å². The minimum atomic E-state index is -0.584. The Balaban J connectivity index is 1.62. The van der Waals surface area contributed by atoms with Crippen LogP contribution in [0.2, 0.25) is 5.02 Å². The Labute approximate surface area is 160 Å². The number of benzene rings is 2. The maximum Gasteiger partial charge on any atom is 0.306 e. The van der Waals surface area contributed by atoms with E-state index in [1.807, 2.05) is 0 Å². The highest BCUT2D eigenvalue weighted by Gasteiger charge is 2.10. The number of ether oxygens (including phenoxy) is 1. The van der Waals surface area contributed by atoms with Crippen LogP contribution in [0.25, 0.3) is 0 Å². The van der Waals surface area contributed by atoms with Crippen LogP contribution in [0.1, 0.15) is 19.3 Å². The first-order chi connectivity index (χ1) is 12.9. The summed E-state index contributed by atoms with van der Waals surface area (Å²) < 4.78 is 17.6. The Kier molecular flexibility index (Phi) is 7.76. The SMILES string of the molecule is O=C(CCCC(=O)OCC(=O)Nc1ccc(F)cc1)Nc1cccc(Cl)c1. The fourth-order valence-corrected chi connectivity index (χ4v) is 2.32. The molecule has 142 valence electrons. The van der Waals surface area contributed by atoms with Gasteiger partial charge in [-0.05, 0) is 48.9 Å². The summed E-state index contributed by atoms with van der Waals surface area (Å²) in [7, 11) is 0. The summed E-state index contributed by atoms with van der Waals surface area (Å²) in [6.45, 7) is -0.453. The van der Waals surface area contributed by atoms with Gasteiger partial charge in [-0.3, -0.25) is 14.4 Å². The number of hydrogen-bond acceptors (Lipinski definition) is 4. The third-order valence-electron chi connectivity index (χ3n) is 3.39. The zero-order valence-electron chi connectivity index (χ0n) is 14.3. The minimum Gasteiger partial charge on any atom is -0.456 e. The zero-order chi connectivity index (χ0) is 19.6. The number of anilines is 2. The lowest BCUT2D eigenvalue weighted by atomic mass is 10.2. The van der Waals surface area contributed by atoms with Crippen LogP contribution >= 0.6 is 11.6 Å². The topological polar surface area (TPSA) is 84.5 Å². The van der Waals surface area contributed by atoms with Crippen molar-refractivity contribution < 1.29 is 23.5 Å². The first kappa shape index (κ1) is 20.4. The maximum absolute atomic E-state index is 12.8. The van der Waals surface area contributed by atoms with Crippen LogP contribution in [0.5, 0.6) is 0 Å². The van der Waals surface area contributed by atoms with Crippen LogP contribution in [0.15, 0.2) is 48.5 Å². The molecule has 0 aliphatic heterocycles. The summed E-state index contributed by atoms with van der Waals surface area (Å²) in [4.78, 5) is 35.1. The number of nitrogens with one attached hydrogen (secondary N) is 2. The second-order valence-electron chi connectivity index (χ2n) is 5.63. The number of esters is 1. The van der Waals surface area contributed by atoms with Crippen molar-refractivity contribution in [1.82, 2.24) is 0 Å². The molecule has 0 bridgehead atoms. The third-order valence-corrected chi connectivity index (χ3v) is 3.62. The van der Waals surface area contributed by atoms with Crippen molar-refractivity contribution in [2.24, 2.45) is 0 Å². The van der Waals surface area contributed by atoms with Crippen molar-refractivity contribution in [2.45, 2.75) is 19.3 Å². The fourth-order valence-electron chi connectivity index (χ4n) is 2.13. The molecule has 2 amide bonds. The van der Waals surface area contributed by atoms with E-state index in [2.05, 4.69) is 10.6 Å². The second kappa shape index (κ2) is 10.3. The lowest BCUT2D eigenvalue weighted by Gasteiger charge is -2.07. The average Bonchev–Trinajstić information content (AvgIpc) is 2.62. The molecule has 8 heteroatoms. The van der Waals surface area contributed by atoms with E-state index >= 15 is 0 Å². The van der Waals surface area contributed by atoms with E-state index in [4.69, 9.17) is 16.3 Å². The van der Waals surface area contributed by atoms with E-state index in [1.165, 1.54) is 24.3 Å². The molecule has 2 aromatic rings. The molecule has 0 radical (unpaired) electrons. The van der Waals surface area contributed by atoms with E-state index < -0.39 is 24.3 Å². The minimum absolute atomic E-state index is 0.00674. The molecule has 2 N–H and O–H groups in total. The molecule has 0 aromatic heterocycles. The highest BCUT2D eigenvalue weighted by Crippen LogP contribution is 2.15. The number of halogens is 2. The van der Waals surface area contributed by atoms with Gasteiger partial charge in [0.05, 0.1) is 0 Å². The summed E-state index contributed by atoms with van der Waals surface area (Å²) >= 11 is 5.83. The van der Waals surface area contributed by atoms with E-state index in [9.17, 15) is 18.8 Å². The highest BCUT2D eigenvalue weighted by molar-refractivity contribution is 6.30. The summed E-state index contributed by atoms with van der Waals surface area (Å²) in [5, 5.41) is 5.65. The lowest BCUT2D eigenvalue weighted by molar-refractivity contribution is -0.147. The Morgan fingerprint density at radius 3 is 2.33 bits per heavy atom. The standard InChI is InChI=1S/C19H18ClFN2O4/c20-13-3-1-4-16(11-13)23-17(24)5-2-6-19(26)27-12-18(25)22-15-9-7-14(21)8-10-15/h1,3-4,7-11H,2,5-6,12H2,(H,22,25)(H,23,24). The molecule has 0 saturated heterocycles. The van der Waals surface area contributed by atoms with Crippen molar-refractivity contribution in [3.05, 3.63) is 59.4 Å². The number of amides is 2. The summed E-state index contributed by atoms with van der Waals surface area (Å²) in [5.41, 5.74) is 0.975. The van der Waals surface area contributed by atoms with E-state index in [0.717, 1.165) is 0 Å². The molecular formula is C19H18ClFN2O4. The Hall–Kier alpha value is -2.93. The monoisotopic (exact) mass is 392 g/mol. The highest BCUT2D eigenvalue weighted by atomic mass is 35.5. The molecular weight excluding hydrogens is 375 g/mol. The molecule has 0 unspecified atom stereocenters. The molecule has 0 aliphatic carbocycles. The molecule has 0 heterocycles. The molecule has 0 fully saturated rings. The van der Waals surface area contributed by atoms with Crippen LogP contribution in [-0.2, 0) is 19.1 Å². The van der Waals surface area contributed by atoms with Gasteiger partial charge in [-0.25, -0.2) is 4.39 Å². The van der Waals surface area contributed by atoms with Crippen molar-refractivity contribution >= 4 is 40.8 Å². The number of rotatable bonds is 8. The molecule has 2 rings (SSSR count). The molecule has 6 nitrogen and oxygen atoms in total. The predicted octanol–water partition coefficient (Wildman–Crippen LogP) is 3.77. The van der Waals surface area contributed by atoms with Crippen LogP contribution in [0.3, 0.4) is 0 Å². The quantitative estimate of drug-likeness (QED) is 0.670. The Morgan fingerprint density at radius 1 is 0.926 bits per heavy atom. The zero-order valence-corrected chi connectivity index (χ0v) is 15.1. The van der Waals surface area contributed by atoms with Gasteiger partial charge in [0.25, 0.3) is 5.91 Å². The van der Waals surface area contributed by atoms with Gasteiger partial charge < -0.3 is 15.4 Å². The number of carbonyl (C=O) groups is 3. The molecule has 0 atom stereocenters.